The Kier molecular flexibility index (Phi) is 4.43. The van der Waals surface area contributed by atoms with Gasteiger partial charge in [0.05, 0.1) is 18.1 Å². The molecule has 5 rings (SSSR count). The second-order valence-corrected chi connectivity index (χ2v) is 8.53. The molecular formula is C21H25NO7. The number of rotatable bonds is 3. The highest BCUT2D eigenvalue weighted by Crippen LogP contribution is 2.51. The molecule has 0 spiro atoms. The highest BCUT2D eigenvalue weighted by Gasteiger charge is 2.55. The van der Waals surface area contributed by atoms with Gasteiger partial charge in [0.2, 0.25) is 6.79 Å². The Morgan fingerprint density at radius 2 is 2.10 bits per heavy atom. The number of aliphatic hydroxyl groups is 1. The first-order valence-electron chi connectivity index (χ1n) is 10.1. The monoisotopic (exact) mass is 403 g/mol. The van der Waals surface area contributed by atoms with Crippen molar-refractivity contribution >= 4 is 11.9 Å². The van der Waals surface area contributed by atoms with Crippen LogP contribution in [0.5, 0.6) is 11.5 Å². The molecule has 3 aliphatic heterocycles. The van der Waals surface area contributed by atoms with E-state index in [1.54, 1.807) is 13.0 Å². The molecule has 2 unspecified atom stereocenters. The number of hydrogen-bond donors (Lipinski definition) is 1. The normalized spacial score (nSPS) is 33.3. The maximum absolute atomic E-state index is 12.8. The van der Waals surface area contributed by atoms with Crippen molar-refractivity contribution in [2.45, 2.75) is 56.5 Å². The molecule has 0 amide bonds. The van der Waals surface area contributed by atoms with Crippen molar-refractivity contribution in [3.05, 3.63) is 23.3 Å². The van der Waals surface area contributed by atoms with Crippen molar-refractivity contribution < 1.29 is 33.6 Å². The summed E-state index contributed by atoms with van der Waals surface area (Å²) in [5, 5.41) is 9.51. The van der Waals surface area contributed by atoms with Crippen LogP contribution in [0.4, 0.5) is 0 Å². The van der Waals surface area contributed by atoms with Crippen LogP contribution in [0.2, 0.25) is 0 Å². The second-order valence-electron chi connectivity index (χ2n) is 8.53. The van der Waals surface area contributed by atoms with E-state index in [0.717, 1.165) is 18.5 Å². The third-order valence-corrected chi connectivity index (χ3v) is 6.58. The van der Waals surface area contributed by atoms with Crippen molar-refractivity contribution in [1.29, 1.82) is 0 Å². The first kappa shape index (κ1) is 18.7. The highest BCUT2D eigenvalue weighted by molar-refractivity contribution is 5.94. The number of carbonyl (C=O) groups excluding carboxylic acids is 2. The van der Waals surface area contributed by atoms with Crippen LogP contribution in [0.1, 0.15) is 48.0 Å². The lowest BCUT2D eigenvalue weighted by Gasteiger charge is -2.48. The molecule has 8 heteroatoms. The van der Waals surface area contributed by atoms with Crippen LogP contribution in [0.3, 0.4) is 0 Å². The van der Waals surface area contributed by atoms with Crippen LogP contribution in [0, 0.1) is 5.92 Å². The van der Waals surface area contributed by atoms with E-state index in [2.05, 4.69) is 11.9 Å². The number of hydrogen-bond acceptors (Lipinski definition) is 8. The van der Waals surface area contributed by atoms with Crippen molar-refractivity contribution in [3.63, 3.8) is 0 Å². The average Bonchev–Trinajstić information content (AvgIpc) is 3.26. The van der Waals surface area contributed by atoms with Crippen molar-refractivity contribution in [2.24, 2.45) is 5.92 Å². The summed E-state index contributed by atoms with van der Waals surface area (Å²) in [6.07, 6.45) is -0.291. The molecule has 1 N–H and O–H groups in total. The van der Waals surface area contributed by atoms with Gasteiger partial charge in [0.25, 0.3) is 0 Å². The summed E-state index contributed by atoms with van der Waals surface area (Å²) in [5.41, 5.74) is 1.36. The van der Waals surface area contributed by atoms with Crippen LogP contribution in [0.25, 0.3) is 0 Å². The first-order valence-corrected chi connectivity index (χ1v) is 10.1. The lowest BCUT2D eigenvalue weighted by atomic mass is 9.69. The lowest BCUT2D eigenvalue weighted by molar-refractivity contribution is -0.165. The van der Waals surface area contributed by atoms with Crippen LogP contribution in [-0.2, 0) is 14.3 Å². The fourth-order valence-corrected chi connectivity index (χ4v) is 5.41. The fourth-order valence-electron chi connectivity index (χ4n) is 5.41. The Morgan fingerprint density at radius 3 is 2.86 bits per heavy atom. The average molecular weight is 403 g/mol. The number of aliphatic hydroxyl groups excluding tert-OH is 1. The molecule has 0 bridgehead atoms. The van der Waals surface area contributed by atoms with Gasteiger partial charge in [0, 0.05) is 12.0 Å². The number of carbonyl (C=O) groups is 2. The maximum atomic E-state index is 12.8. The SMILES string of the molecule is CC(O)CC(=O)O[C@H]1C[C@H]2CCN(C)[C@H]2C2c3cc4c(cc3C(=O)O[C@H]21)OCO4. The number of fused-ring (bicyclic) bond motifs is 6. The molecule has 2 fully saturated rings. The fraction of sp³-hybridized carbons (Fsp3) is 0.619. The zero-order chi connectivity index (χ0) is 20.3. The van der Waals surface area contributed by atoms with Gasteiger partial charge in [-0.1, -0.05) is 0 Å². The summed E-state index contributed by atoms with van der Waals surface area (Å²) in [6.45, 7) is 2.63. The molecule has 156 valence electrons. The van der Waals surface area contributed by atoms with Gasteiger partial charge in [0.1, 0.15) is 12.2 Å². The summed E-state index contributed by atoms with van der Waals surface area (Å²) < 4.78 is 22.6. The molecule has 1 saturated heterocycles. The van der Waals surface area contributed by atoms with Crippen LogP contribution in [-0.4, -0.2) is 66.7 Å². The Labute approximate surface area is 168 Å². The quantitative estimate of drug-likeness (QED) is 0.758. The third kappa shape index (κ3) is 3.05. The van der Waals surface area contributed by atoms with E-state index >= 15 is 0 Å². The van der Waals surface area contributed by atoms with E-state index in [4.69, 9.17) is 18.9 Å². The molecule has 0 radical (unpaired) electrons. The van der Waals surface area contributed by atoms with Gasteiger partial charge in [-0.15, -0.1) is 0 Å². The topological polar surface area (TPSA) is 94.5 Å². The van der Waals surface area contributed by atoms with Gasteiger partial charge in [-0.3, -0.25) is 4.79 Å². The Hall–Kier alpha value is -2.32. The molecule has 1 aromatic carbocycles. The van der Waals surface area contributed by atoms with Crippen LogP contribution >= 0.6 is 0 Å². The number of likely N-dealkylation sites (tertiary alicyclic amines) is 1. The molecule has 1 saturated carbocycles. The lowest BCUT2D eigenvalue weighted by Crippen LogP contribution is -2.55. The predicted molar refractivity (Wildman–Crippen MR) is 99.8 cm³/mol. The van der Waals surface area contributed by atoms with Gasteiger partial charge in [0.15, 0.2) is 11.5 Å². The largest absolute Gasteiger partial charge is 0.458 e. The van der Waals surface area contributed by atoms with E-state index in [9.17, 15) is 14.7 Å². The standard InChI is InChI=1S/C21H25NO7/c1-10(23)5-17(24)28-16-6-11-3-4-22(2)19(11)18-12-7-14-15(27-9-26-14)8-13(12)21(25)29-20(16)18/h7-8,10-11,16,18-20,23H,3-6,9H2,1-2H3/t10?,11-,16+,18?,19-,20+/m1/s1. The Bertz CT molecular complexity index is 854. The molecule has 0 aromatic heterocycles. The van der Waals surface area contributed by atoms with Crippen LogP contribution in [0.15, 0.2) is 12.1 Å². The summed E-state index contributed by atoms with van der Waals surface area (Å²) in [6, 6.07) is 3.78. The number of esters is 2. The predicted octanol–water partition coefficient (Wildman–Crippen LogP) is 1.44. The highest BCUT2D eigenvalue weighted by atomic mass is 16.7. The summed E-state index contributed by atoms with van der Waals surface area (Å²) in [4.78, 5) is 27.4. The summed E-state index contributed by atoms with van der Waals surface area (Å²) >= 11 is 0. The first-order chi connectivity index (χ1) is 13.9. The van der Waals surface area contributed by atoms with Gasteiger partial charge < -0.3 is 29.0 Å². The van der Waals surface area contributed by atoms with E-state index in [0.29, 0.717) is 29.4 Å². The van der Waals surface area contributed by atoms with Gasteiger partial charge in [-0.05, 0) is 57.0 Å². The van der Waals surface area contributed by atoms with Gasteiger partial charge in [-0.2, -0.15) is 0 Å². The Balaban J connectivity index is 1.54. The van der Waals surface area contributed by atoms with Crippen molar-refractivity contribution in [3.8, 4) is 11.5 Å². The summed E-state index contributed by atoms with van der Waals surface area (Å²) in [7, 11) is 2.09. The molecule has 1 aliphatic carbocycles. The number of nitrogens with zero attached hydrogens (tertiary/aromatic N) is 1. The van der Waals surface area contributed by atoms with E-state index in [1.165, 1.54) is 0 Å². The molecular weight excluding hydrogens is 378 g/mol. The second kappa shape index (κ2) is 6.88. The number of likely N-dealkylation sites (N-methyl/N-ethyl adjacent to an activating group) is 1. The molecule has 3 heterocycles. The smallest absolute Gasteiger partial charge is 0.338 e. The minimum absolute atomic E-state index is 0.0783. The molecule has 6 atom stereocenters. The minimum Gasteiger partial charge on any atom is -0.458 e. The van der Waals surface area contributed by atoms with Gasteiger partial charge in [-0.25, -0.2) is 4.79 Å². The van der Waals surface area contributed by atoms with Crippen LogP contribution < -0.4 is 9.47 Å². The van der Waals surface area contributed by atoms with E-state index < -0.39 is 30.3 Å². The molecule has 1 aromatic rings. The van der Waals surface area contributed by atoms with Crippen molar-refractivity contribution in [2.75, 3.05) is 20.4 Å². The molecule has 8 nitrogen and oxygen atoms in total. The Morgan fingerprint density at radius 1 is 1.34 bits per heavy atom. The number of benzene rings is 1. The molecule has 29 heavy (non-hydrogen) atoms. The molecule has 4 aliphatic rings. The number of ether oxygens (including phenoxy) is 4. The third-order valence-electron chi connectivity index (χ3n) is 6.58. The van der Waals surface area contributed by atoms with E-state index in [1.807, 2.05) is 6.07 Å². The zero-order valence-corrected chi connectivity index (χ0v) is 16.5. The minimum atomic E-state index is -0.776. The van der Waals surface area contributed by atoms with Gasteiger partial charge >= 0.3 is 11.9 Å². The van der Waals surface area contributed by atoms with Crippen molar-refractivity contribution in [1.82, 2.24) is 4.90 Å². The maximum Gasteiger partial charge on any atom is 0.338 e. The zero-order valence-electron chi connectivity index (χ0n) is 16.5. The summed E-state index contributed by atoms with van der Waals surface area (Å²) in [5.74, 6) is 0.485. The van der Waals surface area contributed by atoms with E-state index in [-0.39, 0.29) is 25.2 Å².